The van der Waals surface area contributed by atoms with Crippen molar-refractivity contribution in [1.82, 2.24) is 4.90 Å². The van der Waals surface area contributed by atoms with Gasteiger partial charge in [-0.05, 0) is 43.5 Å². The maximum absolute atomic E-state index is 6.57. The van der Waals surface area contributed by atoms with E-state index in [2.05, 4.69) is 36.9 Å². The van der Waals surface area contributed by atoms with Crippen LogP contribution in [0, 0.1) is 5.92 Å². The number of nitrogens with zero attached hydrogens (tertiary/aromatic N) is 1. The van der Waals surface area contributed by atoms with Crippen molar-refractivity contribution in [3.8, 4) is 5.75 Å². The van der Waals surface area contributed by atoms with Gasteiger partial charge in [-0.25, -0.2) is 0 Å². The number of fused-ring (bicyclic) bond motifs is 1. The van der Waals surface area contributed by atoms with E-state index >= 15 is 0 Å². The number of likely N-dealkylation sites (tertiary alicyclic amines) is 1. The summed E-state index contributed by atoms with van der Waals surface area (Å²) in [7, 11) is 0. The Morgan fingerprint density at radius 3 is 2.71 bits per heavy atom. The smallest absolute Gasteiger partial charge is 0.124 e. The van der Waals surface area contributed by atoms with Crippen molar-refractivity contribution in [2.45, 2.75) is 45.1 Å². The zero-order chi connectivity index (χ0) is 14.8. The second kappa shape index (κ2) is 6.37. The van der Waals surface area contributed by atoms with Crippen molar-refractivity contribution in [3.63, 3.8) is 0 Å². The standard InChI is InChI=1S/C18H28N2O/c1-13(2)14-6-7-17-16(10-14)18(19)15(12-21-17)11-20-8-4-3-5-9-20/h6-7,10,13,15,18H,3-5,8-9,11-12,19H2,1-2H3. The van der Waals surface area contributed by atoms with E-state index in [9.17, 15) is 0 Å². The molecule has 21 heavy (non-hydrogen) atoms. The van der Waals surface area contributed by atoms with Crippen LogP contribution in [0.4, 0.5) is 0 Å². The maximum atomic E-state index is 6.57. The van der Waals surface area contributed by atoms with Gasteiger partial charge in [0.1, 0.15) is 5.75 Å². The molecule has 0 radical (unpaired) electrons. The summed E-state index contributed by atoms with van der Waals surface area (Å²) in [6, 6.07) is 6.63. The van der Waals surface area contributed by atoms with Crippen molar-refractivity contribution in [1.29, 1.82) is 0 Å². The summed E-state index contributed by atoms with van der Waals surface area (Å²) in [6.07, 6.45) is 4.04. The molecule has 3 rings (SSSR count). The lowest BCUT2D eigenvalue weighted by Crippen LogP contribution is -2.42. The Kier molecular flexibility index (Phi) is 4.51. The van der Waals surface area contributed by atoms with E-state index in [0.717, 1.165) is 18.9 Å². The number of rotatable bonds is 3. The molecule has 1 saturated heterocycles. The third kappa shape index (κ3) is 3.24. The van der Waals surface area contributed by atoms with Gasteiger partial charge in [-0.3, -0.25) is 0 Å². The van der Waals surface area contributed by atoms with E-state index in [-0.39, 0.29) is 6.04 Å². The molecule has 1 aromatic rings. The molecule has 2 aliphatic rings. The highest BCUT2D eigenvalue weighted by Gasteiger charge is 2.30. The average molecular weight is 288 g/mol. The molecular weight excluding hydrogens is 260 g/mol. The van der Waals surface area contributed by atoms with E-state index < -0.39 is 0 Å². The summed E-state index contributed by atoms with van der Waals surface area (Å²) in [5.41, 5.74) is 9.13. The van der Waals surface area contributed by atoms with Crippen LogP contribution in [0.3, 0.4) is 0 Å². The van der Waals surface area contributed by atoms with E-state index in [1.807, 2.05) is 0 Å². The van der Waals surface area contributed by atoms with Gasteiger partial charge in [0, 0.05) is 24.1 Å². The molecule has 0 bridgehead atoms. The minimum absolute atomic E-state index is 0.106. The van der Waals surface area contributed by atoms with E-state index in [0.29, 0.717) is 11.8 Å². The predicted molar refractivity (Wildman–Crippen MR) is 86.7 cm³/mol. The molecule has 2 unspecified atom stereocenters. The molecular formula is C18H28N2O. The third-order valence-corrected chi connectivity index (χ3v) is 4.96. The second-order valence-corrected chi connectivity index (χ2v) is 6.91. The summed E-state index contributed by atoms with van der Waals surface area (Å²) in [4.78, 5) is 2.56. The molecule has 2 heterocycles. The zero-order valence-electron chi connectivity index (χ0n) is 13.3. The van der Waals surface area contributed by atoms with Gasteiger partial charge in [0.25, 0.3) is 0 Å². The van der Waals surface area contributed by atoms with E-state index in [1.54, 1.807) is 0 Å². The first-order valence-corrected chi connectivity index (χ1v) is 8.39. The van der Waals surface area contributed by atoms with Crippen molar-refractivity contribution in [2.24, 2.45) is 11.7 Å². The number of hydrogen-bond acceptors (Lipinski definition) is 3. The second-order valence-electron chi connectivity index (χ2n) is 6.91. The zero-order valence-corrected chi connectivity index (χ0v) is 13.3. The van der Waals surface area contributed by atoms with Crippen LogP contribution in [-0.4, -0.2) is 31.1 Å². The number of ether oxygens (including phenoxy) is 1. The van der Waals surface area contributed by atoms with Gasteiger partial charge < -0.3 is 15.4 Å². The fraction of sp³-hybridized carbons (Fsp3) is 0.667. The lowest BCUT2D eigenvalue weighted by atomic mass is 9.88. The highest BCUT2D eigenvalue weighted by Crippen LogP contribution is 2.36. The van der Waals surface area contributed by atoms with Crippen LogP contribution >= 0.6 is 0 Å². The summed E-state index contributed by atoms with van der Waals surface area (Å²) in [5.74, 6) is 1.93. The molecule has 2 atom stereocenters. The molecule has 3 heteroatoms. The lowest BCUT2D eigenvalue weighted by molar-refractivity contribution is 0.125. The average Bonchev–Trinajstić information content (AvgIpc) is 2.51. The number of hydrogen-bond donors (Lipinski definition) is 1. The lowest BCUT2D eigenvalue weighted by Gasteiger charge is -2.36. The molecule has 0 spiro atoms. The fourth-order valence-corrected chi connectivity index (χ4v) is 3.51. The summed E-state index contributed by atoms with van der Waals surface area (Å²) >= 11 is 0. The maximum Gasteiger partial charge on any atom is 0.124 e. The SMILES string of the molecule is CC(C)c1ccc2c(c1)C(N)C(CN1CCCCC1)CO2. The van der Waals surface area contributed by atoms with Crippen LogP contribution in [0.1, 0.15) is 56.2 Å². The molecule has 0 amide bonds. The van der Waals surface area contributed by atoms with Crippen molar-refractivity contribution >= 4 is 0 Å². The van der Waals surface area contributed by atoms with Gasteiger partial charge in [0.05, 0.1) is 6.61 Å². The Balaban J connectivity index is 1.74. The van der Waals surface area contributed by atoms with Crippen LogP contribution in [0.5, 0.6) is 5.75 Å². The first-order chi connectivity index (χ1) is 10.1. The van der Waals surface area contributed by atoms with Gasteiger partial charge in [-0.2, -0.15) is 0 Å². The van der Waals surface area contributed by atoms with Crippen LogP contribution in [-0.2, 0) is 0 Å². The van der Waals surface area contributed by atoms with Gasteiger partial charge >= 0.3 is 0 Å². The fourth-order valence-electron chi connectivity index (χ4n) is 3.51. The number of nitrogens with two attached hydrogens (primary N) is 1. The van der Waals surface area contributed by atoms with Gasteiger partial charge in [-0.1, -0.05) is 32.4 Å². The molecule has 1 fully saturated rings. The Bertz CT molecular complexity index is 480. The highest BCUT2D eigenvalue weighted by atomic mass is 16.5. The normalized spacial score (nSPS) is 26.5. The minimum Gasteiger partial charge on any atom is -0.493 e. The van der Waals surface area contributed by atoms with Crippen molar-refractivity contribution in [3.05, 3.63) is 29.3 Å². The first-order valence-electron chi connectivity index (χ1n) is 8.39. The molecule has 3 nitrogen and oxygen atoms in total. The molecule has 0 aliphatic carbocycles. The molecule has 2 aliphatic heterocycles. The van der Waals surface area contributed by atoms with Crippen molar-refractivity contribution < 1.29 is 4.74 Å². The Labute approximate surface area is 128 Å². The molecule has 116 valence electrons. The topological polar surface area (TPSA) is 38.5 Å². The van der Waals surface area contributed by atoms with Crippen LogP contribution < -0.4 is 10.5 Å². The molecule has 0 saturated carbocycles. The molecule has 1 aromatic carbocycles. The summed E-state index contributed by atoms with van der Waals surface area (Å²) in [6.45, 7) is 8.73. The van der Waals surface area contributed by atoms with Gasteiger partial charge in [0.2, 0.25) is 0 Å². The summed E-state index contributed by atoms with van der Waals surface area (Å²) < 4.78 is 5.98. The van der Waals surface area contributed by atoms with Crippen LogP contribution in [0.25, 0.3) is 0 Å². The Morgan fingerprint density at radius 2 is 2.00 bits per heavy atom. The largest absolute Gasteiger partial charge is 0.493 e. The first kappa shape index (κ1) is 14.9. The van der Waals surface area contributed by atoms with E-state index in [4.69, 9.17) is 10.5 Å². The minimum atomic E-state index is 0.106. The summed E-state index contributed by atoms with van der Waals surface area (Å²) in [5, 5.41) is 0. The van der Waals surface area contributed by atoms with E-state index in [1.165, 1.54) is 43.5 Å². The van der Waals surface area contributed by atoms with Gasteiger partial charge in [0.15, 0.2) is 0 Å². The quantitative estimate of drug-likeness (QED) is 0.927. The van der Waals surface area contributed by atoms with Crippen LogP contribution in [0.15, 0.2) is 18.2 Å². The van der Waals surface area contributed by atoms with Crippen molar-refractivity contribution in [2.75, 3.05) is 26.2 Å². The molecule has 0 aromatic heterocycles. The Morgan fingerprint density at radius 1 is 1.24 bits per heavy atom. The number of piperidine rings is 1. The van der Waals surface area contributed by atoms with Crippen LogP contribution in [0.2, 0.25) is 0 Å². The Hall–Kier alpha value is -1.06. The molecule has 2 N–H and O–H groups in total. The van der Waals surface area contributed by atoms with Gasteiger partial charge in [-0.15, -0.1) is 0 Å². The third-order valence-electron chi connectivity index (χ3n) is 4.96. The highest BCUT2D eigenvalue weighted by molar-refractivity contribution is 5.42. The monoisotopic (exact) mass is 288 g/mol. The number of benzene rings is 1. The predicted octanol–water partition coefficient (Wildman–Crippen LogP) is 3.30.